The average Bonchev–Trinajstić information content (AvgIpc) is 3.32. The highest BCUT2D eigenvalue weighted by Gasteiger charge is 2.44. The highest BCUT2D eigenvalue weighted by atomic mass is 127. The number of aliphatic imine (C=N–C) groups is 1. The minimum atomic E-state index is 0. The first-order valence-corrected chi connectivity index (χ1v) is 10.6. The SMILES string of the molecule is CCNC(=NCc1nc(C(C)C)cs1)NCC1(c2ccc(OC)cc2)CC1.I. The normalized spacial score (nSPS) is 15.1. The fourth-order valence-corrected chi connectivity index (χ4v) is 3.95. The van der Waals surface area contributed by atoms with Crippen LogP contribution in [0.25, 0.3) is 0 Å². The smallest absolute Gasteiger partial charge is 0.191 e. The van der Waals surface area contributed by atoms with Gasteiger partial charge < -0.3 is 15.4 Å². The lowest BCUT2D eigenvalue weighted by atomic mass is 9.96. The Balaban J connectivity index is 0.00000280. The summed E-state index contributed by atoms with van der Waals surface area (Å²) >= 11 is 1.69. The molecule has 1 aromatic heterocycles. The van der Waals surface area contributed by atoms with Gasteiger partial charge in [-0.05, 0) is 43.4 Å². The average molecular weight is 514 g/mol. The first-order chi connectivity index (χ1) is 13.1. The van der Waals surface area contributed by atoms with Crippen LogP contribution in [0.5, 0.6) is 5.75 Å². The van der Waals surface area contributed by atoms with Gasteiger partial charge in [-0.1, -0.05) is 26.0 Å². The largest absolute Gasteiger partial charge is 0.497 e. The highest BCUT2D eigenvalue weighted by molar-refractivity contribution is 14.0. The van der Waals surface area contributed by atoms with Crippen molar-refractivity contribution in [2.75, 3.05) is 20.2 Å². The number of hydrogen-bond donors (Lipinski definition) is 2. The maximum atomic E-state index is 5.27. The molecular formula is C21H31IN4OS. The van der Waals surface area contributed by atoms with Crippen LogP contribution in [0, 0.1) is 0 Å². The Morgan fingerprint density at radius 1 is 1.25 bits per heavy atom. The fourth-order valence-electron chi connectivity index (χ4n) is 3.07. The Bertz CT molecular complexity index is 769. The third-order valence-electron chi connectivity index (χ3n) is 5.03. The molecule has 0 amide bonds. The van der Waals surface area contributed by atoms with Crippen LogP contribution >= 0.6 is 35.3 Å². The van der Waals surface area contributed by atoms with Crippen molar-refractivity contribution < 1.29 is 4.74 Å². The van der Waals surface area contributed by atoms with Gasteiger partial charge in [-0.15, -0.1) is 35.3 Å². The van der Waals surface area contributed by atoms with Crippen molar-refractivity contribution in [2.45, 2.75) is 51.5 Å². The standard InChI is InChI=1S/C21H30N4OS.HI/c1-5-22-20(23-12-19-25-18(13-27-19)15(2)3)24-14-21(10-11-21)16-6-8-17(26-4)9-7-16;/h6-9,13,15H,5,10-12,14H2,1-4H3,(H2,22,23,24);1H. The number of nitrogens with one attached hydrogen (secondary N) is 2. The summed E-state index contributed by atoms with van der Waals surface area (Å²) in [5, 5.41) is 10.1. The lowest BCUT2D eigenvalue weighted by molar-refractivity contribution is 0.414. The van der Waals surface area contributed by atoms with E-state index in [9.17, 15) is 0 Å². The third kappa shape index (κ3) is 5.83. The van der Waals surface area contributed by atoms with Gasteiger partial charge in [-0.25, -0.2) is 9.98 Å². The molecular weight excluding hydrogens is 483 g/mol. The first kappa shape index (κ1) is 22.9. The number of ether oxygens (including phenoxy) is 1. The number of methoxy groups -OCH3 is 1. The number of rotatable bonds is 8. The number of benzene rings is 1. The molecule has 0 radical (unpaired) electrons. The van der Waals surface area contributed by atoms with Crippen LogP contribution in [0.2, 0.25) is 0 Å². The first-order valence-electron chi connectivity index (χ1n) is 9.67. The highest BCUT2D eigenvalue weighted by Crippen LogP contribution is 2.47. The molecule has 1 saturated carbocycles. The van der Waals surface area contributed by atoms with Gasteiger partial charge in [0.15, 0.2) is 5.96 Å². The maximum Gasteiger partial charge on any atom is 0.191 e. The van der Waals surface area contributed by atoms with E-state index in [0.29, 0.717) is 12.5 Å². The molecule has 1 aliphatic rings. The summed E-state index contributed by atoms with van der Waals surface area (Å²) in [6.07, 6.45) is 2.41. The van der Waals surface area contributed by atoms with E-state index in [4.69, 9.17) is 9.73 Å². The van der Waals surface area contributed by atoms with Crippen molar-refractivity contribution >= 4 is 41.3 Å². The third-order valence-corrected chi connectivity index (χ3v) is 5.88. The quantitative estimate of drug-likeness (QED) is 0.305. The Morgan fingerprint density at radius 3 is 2.50 bits per heavy atom. The molecule has 0 unspecified atom stereocenters. The van der Waals surface area contributed by atoms with E-state index in [2.05, 4.69) is 53.9 Å². The molecule has 28 heavy (non-hydrogen) atoms. The van der Waals surface area contributed by atoms with Crippen LogP contribution in [0.4, 0.5) is 0 Å². The molecule has 2 N–H and O–H groups in total. The number of halogens is 1. The van der Waals surface area contributed by atoms with Crippen molar-refractivity contribution in [1.29, 1.82) is 0 Å². The molecule has 0 bridgehead atoms. The number of nitrogens with zero attached hydrogens (tertiary/aromatic N) is 2. The summed E-state index contributed by atoms with van der Waals surface area (Å²) in [5.41, 5.74) is 2.74. The van der Waals surface area contributed by atoms with Crippen LogP contribution < -0.4 is 15.4 Å². The Morgan fingerprint density at radius 2 is 1.96 bits per heavy atom. The molecule has 3 rings (SSSR count). The van der Waals surface area contributed by atoms with Gasteiger partial charge in [-0.2, -0.15) is 0 Å². The summed E-state index contributed by atoms with van der Waals surface area (Å²) < 4.78 is 5.27. The van der Waals surface area contributed by atoms with Crippen molar-refractivity contribution in [3.05, 3.63) is 45.9 Å². The summed E-state index contributed by atoms with van der Waals surface area (Å²) in [5.74, 6) is 2.23. The van der Waals surface area contributed by atoms with Crippen molar-refractivity contribution in [3.8, 4) is 5.75 Å². The van der Waals surface area contributed by atoms with Gasteiger partial charge in [0.25, 0.3) is 0 Å². The molecule has 1 aliphatic carbocycles. The molecule has 5 nitrogen and oxygen atoms in total. The maximum absolute atomic E-state index is 5.27. The van der Waals surface area contributed by atoms with E-state index in [-0.39, 0.29) is 29.4 Å². The molecule has 1 fully saturated rings. The minimum Gasteiger partial charge on any atom is -0.497 e. The van der Waals surface area contributed by atoms with E-state index < -0.39 is 0 Å². The molecule has 0 saturated heterocycles. The van der Waals surface area contributed by atoms with Gasteiger partial charge in [0, 0.05) is 23.9 Å². The van der Waals surface area contributed by atoms with Crippen LogP contribution in [0.15, 0.2) is 34.6 Å². The second kappa shape index (κ2) is 10.4. The zero-order valence-electron chi connectivity index (χ0n) is 17.1. The second-order valence-electron chi connectivity index (χ2n) is 7.38. The molecule has 7 heteroatoms. The number of hydrogen-bond acceptors (Lipinski definition) is 4. The lowest BCUT2D eigenvalue weighted by Gasteiger charge is -2.19. The fraction of sp³-hybridized carbons (Fsp3) is 0.524. The van der Waals surface area contributed by atoms with Gasteiger partial charge in [0.05, 0.1) is 19.3 Å². The molecule has 0 spiro atoms. The van der Waals surface area contributed by atoms with Gasteiger partial charge >= 0.3 is 0 Å². The molecule has 154 valence electrons. The lowest BCUT2D eigenvalue weighted by Crippen LogP contribution is -2.41. The second-order valence-corrected chi connectivity index (χ2v) is 8.32. The van der Waals surface area contributed by atoms with E-state index >= 15 is 0 Å². The zero-order valence-corrected chi connectivity index (χ0v) is 20.3. The van der Waals surface area contributed by atoms with Crippen LogP contribution in [-0.4, -0.2) is 31.1 Å². The van der Waals surface area contributed by atoms with Gasteiger partial charge in [-0.3, -0.25) is 0 Å². The number of guanidine groups is 1. The van der Waals surface area contributed by atoms with Crippen molar-refractivity contribution in [3.63, 3.8) is 0 Å². The van der Waals surface area contributed by atoms with Crippen LogP contribution in [-0.2, 0) is 12.0 Å². The Kier molecular flexibility index (Phi) is 8.55. The van der Waals surface area contributed by atoms with E-state index in [1.807, 2.05) is 12.1 Å². The topological polar surface area (TPSA) is 58.5 Å². The van der Waals surface area contributed by atoms with Crippen LogP contribution in [0.3, 0.4) is 0 Å². The summed E-state index contributed by atoms with van der Waals surface area (Å²) in [4.78, 5) is 9.40. The molecule has 1 heterocycles. The van der Waals surface area contributed by atoms with E-state index in [1.54, 1.807) is 18.4 Å². The van der Waals surface area contributed by atoms with E-state index in [1.165, 1.54) is 18.4 Å². The molecule has 0 atom stereocenters. The summed E-state index contributed by atoms with van der Waals surface area (Å²) in [7, 11) is 1.70. The summed E-state index contributed by atoms with van der Waals surface area (Å²) in [6.45, 7) is 8.77. The van der Waals surface area contributed by atoms with E-state index in [0.717, 1.165) is 35.5 Å². The monoisotopic (exact) mass is 514 g/mol. The predicted molar refractivity (Wildman–Crippen MR) is 128 cm³/mol. The minimum absolute atomic E-state index is 0. The molecule has 2 aromatic rings. The van der Waals surface area contributed by atoms with Gasteiger partial charge in [0.2, 0.25) is 0 Å². The number of aromatic nitrogens is 1. The van der Waals surface area contributed by atoms with Crippen molar-refractivity contribution in [2.24, 2.45) is 4.99 Å². The summed E-state index contributed by atoms with van der Waals surface area (Å²) in [6, 6.07) is 8.45. The number of thiazole rings is 1. The zero-order chi connectivity index (χ0) is 19.3. The van der Waals surface area contributed by atoms with Crippen molar-refractivity contribution in [1.82, 2.24) is 15.6 Å². The molecule has 0 aliphatic heterocycles. The Labute approximate surface area is 189 Å². The molecule has 1 aromatic carbocycles. The Hall–Kier alpha value is -1.35. The van der Waals surface area contributed by atoms with Gasteiger partial charge in [0.1, 0.15) is 10.8 Å². The van der Waals surface area contributed by atoms with Crippen LogP contribution in [0.1, 0.15) is 55.8 Å². The predicted octanol–water partition coefficient (Wildman–Crippen LogP) is 4.68.